The highest BCUT2D eigenvalue weighted by molar-refractivity contribution is 7.21. The molecule has 0 atom stereocenters. The largest absolute Gasteiger partial charge is 0.379 e. The van der Waals surface area contributed by atoms with Gasteiger partial charge < -0.3 is 10.1 Å². The molecule has 1 amide bonds. The first-order valence-electron chi connectivity index (χ1n) is 9.58. The molecule has 2 fully saturated rings. The number of amides is 1. The Labute approximate surface area is 167 Å². The van der Waals surface area contributed by atoms with E-state index in [1.54, 1.807) is 6.07 Å². The van der Waals surface area contributed by atoms with E-state index in [1.165, 1.54) is 42.7 Å². The minimum Gasteiger partial charge on any atom is -0.379 e. The van der Waals surface area contributed by atoms with Crippen LogP contribution < -0.4 is 5.32 Å². The fourth-order valence-corrected chi connectivity index (χ4v) is 5.82. The van der Waals surface area contributed by atoms with Crippen LogP contribution in [0.4, 0.5) is 4.39 Å². The van der Waals surface area contributed by atoms with Gasteiger partial charge in [0.2, 0.25) is 0 Å². The summed E-state index contributed by atoms with van der Waals surface area (Å²) in [6.45, 7) is 3.95. The van der Waals surface area contributed by atoms with Gasteiger partial charge >= 0.3 is 0 Å². The molecule has 1 N–H and O–H groups in total. The average molecular weight is 411 g/mol. The van der Waals surface area contributed by atoms with Gasteiger partial charge in [-0.15, -0.1) is 11.3 Å². The Hall–Kier alpha value is -1.21. The molecule has 2 aromatic rings. The third-order valence-electron chi connectivity index (χ3n) is 5.84. The van der Waals surface area contributed by atoms with E-state index < -0.39 is 0 Å². The number of hydrogen-bond donors (Lipinski definition) is 1. The lowest BCUT2D eigenvalue weighted by Gasteiger charge is -2.48. The summed E-state index contributed by atoms with van der Waals surface area (Å²) < 4.78 is 19.7. The van der Waals surface area contributed by atoms with Crippen LogP contribution in [-0.4, -0.2) is 49.2 Å². The van der Waals surface area contributed by atoms with E-state index in [2.05, 4.69) is 10.2 Å². The standard InChI is InChI=1S/C20H24ClFN2O2S/c21-17-15-5-4-14(22)12-16(15)27-18(17)19(25)23-13-20(6-2-1-3-7-20)24-8-10-26-11-9-24/h4-5,12H,1-3,6-11,13H2,(H,23,25). The Kier molecular flexibility index (Phi) is 5.69. The van der Waals surface area contributed by atoms with E-state index in [0.29, 0.717) is 21.1 Å². The Morgan fingerprint density at radius 1 is 1.26 bits per heavy atom. The SMILES string of the molecule is O=C(NCC1(N2CCOCC2)CCCCC1)c1sc2cc(F)ccc2c1Cl. The predicted molar refractivity (Wildman–Crippen MR) is 107 cm³/mol. The third-order valence-corrected chi connectivity index (χ3v) is 7.50. The van der Waals surface area contributed by atoms with Crippen molar-refractivity contribution in [3.05, 3.63) is 33.9 Å². The Bertz CT molecular complexity index is 829. The lowest BCUT2D eigenvalue weighted by atomic mass is 9.79. The summed E-state index contributed by atoms with van der Waals surface area (Å²) in [5, 5.41) is 4.28. The van der Waals surface area contributed by atoms with Crippen molar-refractivity contribution in [2.24, 2.45) is 0 Å². The monoisotopic (exact) mass is 410 g/mol. The number of nitrogens with zero attached hydrogens (tertiary/aromatic N) is 1. The first-order valence-corrected chi connectivity index (χ1v) is 10.8. The molecular weight excluding hydrogens is 387 g/mol. The van der Waals surface area contributed by atoms with Crippen LogP contribution in [0.15, 0.2) is 18.2 Å². The van der Waals surface area contributed by atoms with Crippen molar-refractivity contribution in [3.8, 4) is 0 Å². The summed E-state index contributed by atoms with van der Waals surface area (Å²) in [5.41, 5.74) is 0.00690. The summed E-state index contributed by atoms with van der Waals surface area (Å²) in [6.07, 6.45) is 5.83. The molecule has 0 unspecified atom stereocenters. The minimum atomic E-state index is -0.319. The number of nitrogens with one attached hydrogen (secondary N) is 1. The molecule has 1 saturated carbocycles. The smallest absolute Gasteiger partial charge is 0.262 e. The molecule has 2 aliphatic rings. The van der Waals surface area contributed by atoms with Crippen LogP contribution in [-0.2, 0) is 4.74 Å². The normalized spacial score (nSPS) is 20.7. The topological polar surface area (TPSA) is 41.6 Å². The highest BCUT2D eigenvalue weighted by Gasteiger charge is 2.39. The van der Waals surface area contributed by atoms with Crippen LogP contribution in [0.1, 0.15) is 41.8 Å². The van der Waals surface area contributed by atoms with Gasteiger partial charge in [0.05, 0.1) is 18.2 Å². The number of fused-ring (bicyclic) bond motifs is 1. The van der Waals surface area contributed by atoms with E-state index in [-0.39, 0.29) is 17.3 Å². The number of rotatable bonds is 4. The molecule has 1 aromatic heterocycles. The zero-order valence-corrected chi connectivity index (χ0v) is 16.8. The van der Waals surface area contributed by atoms with Gasteiger partial charge in [-0.1, -0.05) is 30.9 Å². The summed E-state index contributed by atoms with van der Waals surface area (Å²) >= 11 is 7.66. The fraction of sp³-hybridized carbons (Fsp3) is 0.550. The van der Waals surface area contributed by atoms with Gasteiger partial charge in [-0.25, -0.2) is 4.39 Å². The molecule has 1 aliphatic heterocycles. The number of ether oxygens (including phenoxy) is 1. The first kappa shape index (κ1) is 19.1. The second-order valence-corrected chi connectivity index (χ2v) is 8.88. The molecule has 0 spiro atoms. The zero-order valence-electron chi connectivity index (χ0n) is 15.2. The second kappa shape index (κ2) is 8.03. The van der Waals surface area contributed by atoms with Crippen molar-refractivity contribution < 1.29 is 13.9 Å². The first-order chi connectivity index (χ1) is 13.1. The third kappa shape index (κ3) is 3.86. The molecule has 1 saturated heterocycles. The van der Waals surface area contributed by atoms with Gasteiger partial charge in [-0.3, -0.25) is 9.69 Å². The van der Waals surface area contributed by atoms with Crippen molar-refractivity contribution >= 4 is 38.9 Å². The molecule has 7 heteroatoms. The molecule has 0 radical (unpaired) electrons. The van der Waals surface area contributed by atoms with Gasteiger partial charge in [0.15, 0.2) is 0 Å². The number of hydrogen-bond acceptors (Lipinski definition) is 4. The van der Waals surface area contributed by atoms with Crippen molar-refractivity contribution in [1.82, 2.24) is 10.2 Å². The Morgan fingerprint density at radius 2 is 2.00 bits per heavy atom. The van der Waals surface area contributed by atoms with Crippen LogP contribution in [0, 0.1) is 5.82 Å². The van der Waals surface area contributed by atoms with E-state index in [0.717, 1.165) is 44.5 Å². The number of thiophene rings is 1. The van der Waals surface area contributed by atoms with Crippen molar-refractivity contribution in [1.29, 1.82) is 0 Å². The number of morpholine rings is 1. The van der Waals surface area contributed by atoms with Gasteiger partial charge in [0.25, 0.3) is 5.91 Å². The summed E-state index contributed by atoms with van der Waals surface area (Å²) in [4.78, 5) is 15.8. The van der Waals surface area contributed by atoms with E-state index >= 15 is 0 Å². The molecule has 0 bridgehead atoms. The molecular formula is C20H24ClFN2O2S. The quantitative estimate of drug-likeness (QED) is 0.809. The number of benzene rings is 1. The number of halogens is 2. The molecule has 1 aliphatic carbocycles. The number of carbonyl (C=O) groups is 1. The van der Waals surface area contributed by atoms with E-state index in [9.17, 15) is 9.18 Å². The lowest BCUT2D eigenvalue weighted by molar-refractivity contribution is -0.0361. The molecule has 1 aromatic carbocycles. The van der Waals surface area contributed by atoms with Crippen molar-refractivity contribution in [2.75, 3.05) is 32.8 Å². The van der Waals surface area contributed by atoms with Crippen molar-refractivity contribution in [3.63, 3.8) is 0 Å². The molecule has 2 heterocycles. The lowest BCUT2D eigenvalue weighted by Crippen LogP contribution is -2.59. The minimum absolute atomic E-state index is 0.00690. The Balaban J connectivity index is 1.52. The van der Waals surface area contributed by atoms with Gasteiger partial charge in [-0.2, -0.15) is 0 Å². The van der Waals surface area contributed by atoms with Crippen LogP contribution in [0.25, 0.3) is 10.1 Å². The van der Waals surface area contributed by atoms with Crippen LogP contribution >= 0.6 is 22.9 Å². The molecule has 4 rings (SSSR count). The average Bonchev–Trinajstić information content (AvgIpc) is 3.03. The zero-order chi connectivity index (χ0) is 18.9. The predicted octanol–water partition coefficient (Wildman–Crippen LogP) is 4.46. The van der Waals surface area contributed by atoms with Crippen LogP contribution in [0.5, 0.6) is 0 Å². The summed E-state index contributed by atoms with van der Waals surface area (Å²) in [7, 11) is 0. The second-order valence-electron chi connectivity index (χ2n) is 7.45. The van der Waals surface area contributed by atoms with Crippen LogP contribution in [0.3, 0.4) is 0 Å². The fourth-order valence-electron chi connectivity index (χ4n) is 4.36. The van der Waals surface area contributed by atoms with Gasteiger partial charge in [0.1, 0.15) is 10.7 Å². The molecule has 4 nitrogen and oxygen atoms in total. The molecule has 27 heavy (non-hydrogen) atoms. The van der Waals surface area contributed by atoms with E-state index in [1.807, 2.05) is 0 Å². The maximum atomic E-state index is 13.5. The maximum absolute atomic E-state index is 13.5. The maximum Gasteiger partial charge on any atom is 0.262 e. The summed E-state index contributed by atoms with van der Waals surface area (Å²) in [5.74, 6) is -0.485. The van der Waals surface area contributed by atoms with Crippen molar-refractivity contribution in [2.45, 2.75) is 37.6 Å². The van der Waals surface area contributed by atoms with Gasteiger partial charge in [0, 0.05) is 35.3 Å². The molecule has 146 valence electrons. The highest BCUT2D eigenvalue weighted by atomic mass is 35.5. The highest BCUT2D eigenvalue weighted by Crippen LogP contribution is 2.37. The summed E-state index contributed by atoms with van der Waals surface area (Å²) in [6, 6.07) is 4.44. The number of carbonyl (C=O) groups excluding carboxylic acids is 1. The Morgan fingerprint density at radius 3 is 2.74 bits per heavy atom. The van der Waals surface area contributed by atoms with E-state index in [4.69, 9.17) is 16.3 Å². The van der Waals surface area contributed by atoms with Gasteiger partial charge in [-0.05, 0) is 31.0 Å². The van der Waals surface area contributed by atoms with Crippen LogP contribution in [0.2, 0.25) is 5.02 Å².